The number of rotatable bonds is 4. The number of hydrogen-bond acceptors (Lipinski definition) is 6. The van der Waals surface area contributed by atoms with Crippen molar-refractivity contribution in [3.8, 4) is 16.3 Å². The molecule has 0 aliphatic rings. The molecule has 1 N–H and O–H groups in total. The van der Waals surface area contributed by atoms with Crippen LogP contribution in [0.4, 0.5) is 5.69 Å². The predicted octanol–water partition coefficient (Wildman–Crippen LogP) is 3.85. The van der Waals surface area contributed by atoms with E-state index in [4.69, 9.17) is 4.52 Å². The summed E-state index contributed by atoms with van der Waals surface area (Å²) >= 11 is 1.40. The van der Waals surface area contributed by atoms with Crippen molar-refractivity contribution in [3.05, 3.63) is 65.3 Å². The fourth-order valence-electron chi connectivity index (χ4n) is 2.50. The summed E-state index contributed by atoms with van der Waals surface area (Å²) < 4.78 is 6.84. The first-order valence-electron chi connectivity index (χ1n) is 7.92. The number of nitrogens with one attached hydrogen (secondary N) is 1. The largest absolute Gasteiger partial charge is 0.359 e. The van der Waals surface area contributed by atoms with Crippen LogP contribution in [0.5, 0.6) is 0 Å². The zero-order valence-corrected chi connectivity index (χ0v) is 14.9. The quantitative estimate of drug-likeness (QED) is 0.594. The van der Waals surface area contributed by atoms with Gasteiger partial charge in [0.05, 0.1) is 11.9 Å². The summed E-state index contributed by atoms with van der Waals surface area (Å²) in [5.74, 6) is 0.271. The molecule has 7 nitrogen and oxygen atoms in total. The number of aryl methyl sites for hydroxylation is 2. The minimum absolute atomic E-state index is 0.294. The van der Waals surface area contributed by atoms with Crippen LogP contribution in [-0.2, 0) is 0 Å². The number of carbonyl (C=O) groups excluding carboxylic acids is 1. The summed E-state index contributed by atoms with van der Waals surface area (Å²) in [5.41, 5.74) is 3.39. The van der Waals surface area contributed by atoms with Gasteiger partial charge in [-0.1, -0.05) is 23.4 Å². The zero-order chi connectivity index (χ0) is 18.1. The molecule has 1 amide bonds. The van der Waals surface area contributed by atoms with E-state index in [1.54, 1.807) is 30.1 Å². The Balaban J connectivity index is 1.55. The van der Waals surface area contributed by atoms with Crippen LogP contribution in [0.1, 0.15) is 21.9 Å². The van der Waals surface area contributed by atoms with Crippen LogP contribution in [0.2, 0.25) is 0 Å². The van der Waals surface area contributed by atoms with Crippen LogP contribution in [0.25, 0.3) is 16.3 Å². The van der Waals surface area contributed by atoms with Gasteiger partial charge in [-0.2, -0.15) is 5.10 Å². The summed E-state index contributed by atoms with van der Waals surface area (Å²) in [6.45, 7) is 3.52. The highest BCUT2D eigenvalue weighted by Gasteiger charge is 2.17. The minimum Gasteiger partial charge on any atom is -0.359 e. The first-order chi connectivity index (χ1) is 12.6. The lowest BCUT2D eigenvalue weighted by atomic mass is 10.3. The lowest BCUT2D eigenvalue weighted by Crippen LogP contribution is -2.13. The van der Waals surface area contributed by atoms with Crippen molar-refractivity contribution in [2.45, 2.75) is 13.8 Å². The third-order valence-electron chi connectivity index (χ3n) is 3.86. The monoisotopic (exact) mass is 365 g/mol. The van der Waals surface area contributed by atoms with E-state index >= 15 is 0 Å². The summed E-state index contributed by atoms with van der Waals surface area (Å²) in [7, 11) is 0. The standard InChI is InChI=1S/C18H15N5O2S/c1-11-16(12(2)25-22-11)21-17(24)15-10-26-18(20-15)13-8-19-23(9-13)14-6-4-3-5-7-14/h3-10H,1-2H3,(H,21,24). The Morgan fingerprint density at radius 2 is 2.04 bits per heavy atom. The highest BCUT2D eigenvalue weighted by Crippen LogP contribution is 2.25. The number of thiazole rings is 1. The second-order valence-electron chi connectivity index (χ2n) is 5.70. The number of anilines is 1. The van der Waals surface area contributed by atoms with E-state index in [1.807, 2.05) is 36.5 Å². The van der Waals surface area contributed by atoms with Gasteiger partial charge in [0.1, 0.15) is 22.1 Å². The van der Waals surface area contributed by atoms with Crippen LogP contribution < -0.4 is 5.32 Å². The Morgan fingerprint density at radius 1 is 1.23 bits per heavy atom. The fourth-order valence-corrected chi connectivity index (χ4v) is 3.28. The van der Waals surface area contributed by atoms with Gasteiger partial charge in [0.25, 0.3) is 5.91 Å². The van der Waals surface area contributed by atoms with Gasteiger partial charge < -0.3 is 9.84 Å². The molecular weight excluding hydrogens is 350 g/mol. The molecule has 0 radical (unpaired) electrons. The van der Waals surface area contributed by atoms with E-state index in [-0.39, 0.29) is 5.91 Å². The molecule has 4 aromatic rings. The van der Waals surface area contributed by atoms with Gasteiger partial charge in [-0.15, -0.1) is 11.3 Å². The van der Waals surface area contributed by atoms with Crippen LogP contribution in [0, 0.1) is 13.8 Å². The van der Waals surface area contributed by atoms with E-state index in [0.29, 0.717) is 22.8 Å². The molecule has 0 bridgehead atoms. The second-order valence-corrected chi connectivity index (χ2v) is 6.56. The Hall–Kier alpha value is -3.26. The molecule has 8 heteroatoms. The molecule has 0 aliphatic carbocycles. The van der Waals surface area contributed by atoms with E-state index in [0.717, 1.165) is 16.3 Å². The normalized spacial score (nSPS) is 10.8. The average Bonchev–Trinajstić information content (AvgIpc) is 3.38. The molecule has 0 unspecified atom stereocenters. The van der Waals surface area contributed by atoms with E-state index < -0.39 is 0 Å². The SMILES string of the molecule is Cc1noc(C)c1NC(=O)c1csc(-c2cnn(-c3ccccc3)c2)n1. The maximum atomic E-state index is 12.4. The first kappa shape index (κ1) is 16.2. The van der Waals surface area contributed by atoms with Gasteiger partial charge >= 0.3 is 0 Å². The molecule has 130 valence electrons. The summed E-state index contributed by atoms with van der Waals surface area (Å²) in [4.78, 5) is 16.9. The molecule has 0 spiro atoms. The van der Waals surface area contributed by atoms with Gasteiger partial charge in [-0.3, -0.25) is 4.79 Å². The van der Waals surface area contributed by atoms with Gasteiger partial charge in [0.15, 0.2) is 5.76 Å². The lowest BCUT2D eigenvalue weighted by Gasteiger charge is -2.01. The molecule has 26 heavy (non-hydrogen) atoms. The van der Waals surface area contributed by atoms with E-state index in [2.05, 4.69) is 20.6 Å². The molecule has 0 saturated heterocycles. The number of aromatic nitrogens is 4. The molecule has 0 atom stereocenters. The molecule has 0 aliphatic heterocycles. The average molecular weight is 365 g/mol. The summed E-state index contributed by atoms with van der Waals surface area (Å²) in [6.07, 6.45) is 3.63. The zero-order valence-electron chi connectivity index (χ0n) is 14.1. The fraction of sp³-hybridized carbons (Fsp3) is 0.111. The van der Waals surface area contributed by atoms with Gasteiger partial charge in [-0.05, 0) is 26.0 Å². The minimum atomic E-state index is -0.294. The smallest absolute Gasteiger partial charge is 0.275 e. The number of nitrogens with zero attached hydrogens (tertiary/aromatic N) is 4. The molecule has 1 aromatic carbocycles. The van der Waals surface area contributed by atoms with Gasteiger partial charge in [0, 0.05) is 17.1 Å². The number of para-hydroxylation sites is 1. The summed E-state index contributed by atoms with van der Waals surface area (Å²) in [6, 6.07) is 9.81. The number of amides is 1. The molecule has 3 heterocycles. The maximum absolute atomic E-state index is 12.4. The number of carbonyl (C=O) groups is 1. The van der Waals surface area contributed by atoms with E-state index in [1.165, 1.54) is 11.3 Å². The van der Waals surface area contributed by atoms with Crippen molar-refractivity contribution in [1.82, 2.24) is 19.9 Å². The van der Waals surface area contributed by atoms with Crippen molar-refractivity contribution in [2.75, 3.05) is 5.32 Å². The van der Waals surface area contributed by atoms with Crippen molar-refractivity contribution in [1.29, 1.82) is 0 Å². The van der Waals surface area contributed by atoms with E-state index in [9.17, 15) is 4.79 Å². The molecule has 4 rings (SSSR count). The van der Waals surface area contributed by atoms with Crippen LogP contribution in [-0.4, -0.2) is 25.8 Å². The third-order valence-corrected chi connectivity index (χ3v) is 4.75. The maximum Gasteiger partial charge on any atom is 0.275 e. The van der Waals surface area contributed by atoms with Crippen LogP contribution in [0.15, 0.2) is 52.6 Å². The molecule has 0 saturated carbocycles. The molecule has 3 aromatic heterocycles. The third kappa shape index (κ3) is 3.02. The van der Waals surface area contributed by atoms with Gasteiger partial charge in [0.2, 0.25) is 0 Å². The van der Waals surface area contributed by atoms with Crippen molar-refractivity contribution < 1.29 is 9.32 Å². The lowest BCUT2D eigenvalue weighted by molar-refractivity contribution is 0.102. The Bertz CT molecular complexity index is 1040. The van der Waals surface area contributed by atoms with Crippen LogP contribution in [0.3, 0.4) is 0 Å². The Kier molecular flexibility index (Phi) is 4.10. The highest BCUT2D eigenvalue weighted by molar-refractivity contribution is 7.13. The molecule has 0 fully saturated rings. The van der Waals surface area contributed by atoms with Crippen molar-refractivity contribution in [3.63, 3.8) is 0 Å². The number of benzene rings is 1. The predicted molar refractivity (Wildman–Crippen MR) is 98.6 cm³/mol. The van der Waals surface area contributed by atoms with Crippen molar-refractivity contribution >= 4 is 22.9 Å². The highest BCUT2D eigenvalue weighted by atomic mass is 32.1. The summed E-state index contributed by atoms with van der Waals surface area (Å²) in [5, 5.41) is 13.4. The Labute approximate surface area is 153 Å². The first-order valence-corrected chi connectivity index (χ1v) is 8.80. The van der Waals surface area contributed by atoms with Gasteiger partial charge in [-0.25, -0.2) is 9.67 Å². The topological polar surface area (TPSA) is 85.8 Å². The van der Waals surface area contributed by atoms with Crippen LogP contribution >= 0.6 is 11.3 Å². The Morgan fingerprint density at radius 3 is 2.77 bits per heavy atom. The van der Waals surface area contributed by atoms with Crippen molar-refractivity contribution in [2.24, 2.45) is 0 Å². The second kappa shape index (κ2) is 6.57. The number of hydrogen-bond donors (Lipinski definition) is 1. The molecular formula is C18H15N5O2S.